The van der Waals surface area contributed by atoms with Crippen molar-refractivity contribution >= 4 is 61.2 Å². The molecule has 6 heteroatoms. The normalized spacial score (nSPS) is 11.2. The Kier molecular flexibility index (Phi) is 4.51. The van der Waals surface area contributed by atoms with E-state index in [1.165, 1.54) is 6.07 Å². The number of aryl methyl sites for hydroxylation is 1. The number of aromatic nitrogens is 2. The molecule has 2 nitrogen and oxygen atoms in total. The van der Waals surface area contributed by atoms with Gasteiger partial charge in [-0.25, -0.2) is 9.37 Å². The smallest absolute Gasteiger partial charge is 0.139 e. The number of hydrogen-bond acceptors (Lipinski definition) is 1. The van der Waals surface area contributed by atoms with Crippen molar-refractivity contribution in [2.75, 3.05) is 5.88 Å². The molecule has 0 saturated carbocycles. The Hall–Kier alpha value is -0.660. The molecule has 0 radical (unpaired) electrons. The zero-order valence-corrected chi connectivity index (χ0v) is 15.3. The molecule has 0 unspecified atom stereocenters. The van der Waals surface area contributed by atoms with Crippen LogP contribution < -0.4 is 0 Å². The Morgan fingerprint density at radius 1 is 1.29 bits per heavy atom. The summed E-state index contributed by atoms with van der Waals surface area (Å²) < 4.78 is 17.3. The number of rotatable bonds is 3. The van der Waals surface area contributed by atoms with Gasteiger partial charge in [-0.05, 0) is 62.8 Å². The van der Waals surface area contributed by atoms with E-state index in [-0.39, 0.29) is 5.82 Å². The van der Waals surface area contributed by atoms with Crippen LogP contribution in [0.25, 0.3) is 16.7 Å². The summed E-state index contributed by atoms with van der Waals surface area (Å²) >= 11 is 11.4. The molecule has 0 N–H and O–H groups in total. The van der Waals surface area contributed by atoms with Crippen LogP contribution in [0.5, 0.6) is 0 Å². The molecule has 0 fully saturated rings. The Balaban J connectivity index is 2.32. The third-order valence-corrected chi connectivity index (χ3v) is 4.62. The van der Waals surface area contributed by atoms with E-state index >= 15 is 0 Å². The van der Waals surface area contributed by atoms with Crippen molar-refractivity contribution in [1.29, 1.82) is 0 Å². The summed E-state index contributed by atoms with van der Waals surface area (Å²) in [6.07, 6.45) is 0.626. The SMILES string of the molecule is Fc1cc2nc(CCCl)n(-c3cccc(I)c3)c2cc1Br. The largest absolute Gasteiger partial charge is 0.296 e. The Bertz CT molecular complexity index is 819. The molecule has 3 aromatic rings. The van der Waals surface area contributed by atoms with Gasteiger partial charge in [-0.1, -0.05) is 6.07 Å². The van der Waals surface area contributed by atoms with Crippen molar-refractivity contribution in [2.24, 2.45) is 0 Å². The number of halogens is 4. The molecular formula is C15H10BrClFIN2. The van der Waals surface area contributed by atoms with Gasteiger partial charge in [-0.15, -0.1) is 11.6 Å². The third-order valence-electron chi connectivity index (χ3n) is 3.15. The van der Waals surface area contributed by atoms with Crippen LogP contribution in [0.3, 0.4) is 0 Å². The maximum Gasteiger partial charge on any atom is 0.139 e. The quantitative estimate of drug-likeness (QED) is 0.368. The molecule has 0 spiro atoms. The van der Waals surface area contributed by atoms with Crippen molar-refractivity contribution in [1.82, 2.24) is 9.55 Å². The van der Waals surface area contributed by atoms with Gasteiger partial charge in [-0.2, -0.15) is 0 Å². The highest BCUT2D eigenvalue weighted by atomic mass is 127. The van der Waals surface area contributed by atoms with Gasteiger partial charge >= 0.3 is 0 Å². The molecule has 0 aliphatic rings. The zero-order chi connectivity index (χ0) is 15.0. The summed E-state index contributed by atoms with van der Waals surface area (Å²) in [6.45, 7) is 0. The van der Waals surface area contributed by atoms with Gasteiger partial charge in [0.1, 0.15) is 11.6 Å². The lowest BCUT2D eigenvalue weighted by atomic mass is 10.2. The number of alkyl halides is 1. The van der Waals surface area contributed by atoms with Crippen LogP contribution in [0.2, 0.25) is 0 Å². The second kappa shape index (κ2) is 6.22. The van der Waals surface area contributed by atoms with Crippen LogP contribution in [0, 0.1) is 9.39 Å². The first-order valence-corrected chi connectivity index (χ1v) is 8.69. The van der Waals surface area contributed by atoms with E-state index in [2.05, 4.69) is 49.6 Å². The number of hydrogen-bond donors (Lipinski definition) is 0. The average Bonchev–Trinajstić information content (AvgIpc) is 2.77. The fourth-order valence-electron chi connectivity index (χ4n) is 2.28. The monoisotopic (exact) mass is 478 g/mol. The van der Waals surface area contributed by atoms with Gasteiger partial charge in [0.25, 0.3) is 0 Å². The number of imidazole rings is 1. The summed E-state index contributed by atoms with van der Waals surface area (Å²) in [6, 6.07) is 11.3. The van der Waals surface area contributed by atoms with Crippen LogP contribution in [-0.2, 0) is 6.42 Å². The molecule has 0 saturated heterocycles. The van der Waals surface area contributed by atoms with Gasteiger partial charge in [0.15, 0.2) is 0 Å². The van der Waals surface area contributed by atoms with Crippen molar-refractivity contribution in [3.63, 3.8) is 0 Å². The highest BCUT2D eigenvalue weighted by Crippen LogP contribution is 2.27. The first kappa shape index (κ1) is 15.2. The van der Waals surface area contributed by atoms with Crippen LogP contribution in [-0.4, -0.2) is 15.4 Å². The average molecular weight is 480 g/mol. The summed E-state index contributed by atoms with van der Waals surface area (Å²) in [5.74, 6) is 0.989. The lowest BCUT2D eigenvalue weighted by Gasteiger charge is -2.09. The molecule has 1 aromatic heterocycles. The summed E-state index contributed by atoms with van der Waals surface area (Å²) in [5.41, 5.74) is 2.50. The standard InChI is InChI=1S/C15H10BrClFIN2/c16-11-7-14-13(8-12(11)18)20-15(4-5-17)21(14)10-3-1-2-9(19)6-10/h1-3,6-8H,4-5H2. The minimum absolute atomic E-state index is 0.313. The van der Waals surface area contributed by atoms with E-state index in [0.29, 0.717) is 22.3 Å². The molecule has 108 valence electrons. The van der Waals surface area contributed by atoms with Gasteiger partial charge in [0.05, 0.1) is 15.5 Å². The first-order chi connectivity index (χ1) is 10.1. The lowest BCUT2D eigenvalue weighted by molar-refractivity contribution is 0.623. The topological polar surface area (TPSA) is 17.8 Å². The second-order valence-corrected chi connectivity index (χ2v) is 7.02. The molecule has 0 amide bonds. The fraction of sp³-hybridized carbons (Fsp3) is 0.133. The summed E-state index contributed by atoms with van der Waals surface area (Å²) in [4.78, 5) is 4.53. The molecule has 0 atom stereocenters. The highest BCUT2D eigenvalue weighted by Gasteiger charge is 2.14. The van der Waals surface area contributed by atoms with Gasteiger partial charge in [0.2, 0.25) is 0 Å². The second-order valence-electron chi connectivity index (χ2n) is 4.54. The first-order valence-electron chi connectivity index (χ1n) is 6.28. The molecule has 1 heterocycles. The zero-order valence-electron chi connectivity index (χ0n) is 10.8. The van der Waals surface area contributed by atoms with Gasteiger partial charge in [0, 0.05) is 27.6 Å². The van der Waals surface area contributed by atoms with Crippen molar-refractivity contribution in [3.05, 3.63) is 56.1 Å². The number of benzene rings is 2. The van der Waals surface area contributed by atoms with Crippen molar-refractivity contribution < 1.29 is 4.39 Å². The molecule has 0 bridgehead atoms. The molecule has 0 aliphatic carbocycles. The highest BCUT2D eigenvalue weighted by molar-refractivity contribution is 14.1. The van der Waals surface area contributed by atoms with Gasteiger partial charge in [-0.3, -0.25) is 4.57 Å². The van der Waals surface area contributed by atoms with E-state index in [9.17, 15) is 4.39 Å². The molecule has 3 rings (SSSR count). The molecular weight excluding hydrogens is 469 g/mol. The summed E-state index contributed by atoms with van der Waals surface area (Å²) in [7, 11) is 0. The number of fused-ring (bicyclic) bond motifs is 1. The summed E-state index contributed by atoms with van der Waals surface area (Å²) in [5, 5.41) is 0. The third kappa shape index (κ3) is 2.96. The van der Waals surface area contributed by atoms with E-state index in [1.807, 2.05) is 22.8 Å². The maximum absolute atomic E-state index is 13.7. The number of nitrogens with zero attached hydrogens (tertiary/aromatic N) is 2. The molecule has 21 heavy (non-hydrogen) atoms. The maximum atomic E-state index is 13.7. The van der Waals surface area contributed by atoms with Crippen LogP contribution in [0.15, 0.2) is 40.9 Å². The minimum Gasteiger partial charge on any atom is -0.296 e. The predicted octanol–water partition coefficient (Wildman–Crippen LogP) is 5.31. The molecule has 0 aliphatic heterocycles. The van der Waals surface area contributed by atoms with Crippen LogP contribution in [0.4, 0.5) is 4.39 Å². The molecule has 2 aromatic carbocycles. The van der Waals surface area contributed by atoms with E-state index in [4.69, 9.17) is 11.6 Å². The van der Waals surface area contributed by atoms with Crippen molar-refractivity contribution in [2.45, 2.75) is 6.42 Å². The fourth-order valence-corrected chi connectivity index (χ4v) is 3.31. The Morgan fingerprint density at radius 2 is 2.10 bits per heavy atom. The lowest BCUT2D eigenvalue weighted by Crippen LogP contribution is -2.02. The Morgan fingerprint density at radius 3 is 2.81 bits per heavy atom. The predicted molar refractivity (Wildman–Crippen MR) is 95.9 cm³/mol. The van der Waals surface area contributed by atoms with Crippen LogP contribution in [0.1, 0.15) is 5.82 Å². The minimum atomic E-state index is -0.313. The Labute approximate surface area is 148 Å². The van der Waals surface area contributed by atoms with E-state index in [0.717, 1.165) is 20.6 Å². The van der Waals surface area contributed by atoms with Crippen LogP contribution >= 0.6 is 50.1 Å². The van der Waals surface area contributed by atoms with Gasteiger partial charge < -0.3 is 0 Å². The van der Waals surface area contributed by atoms with Crippen molar-refractivity contribution in [3.8, 4) is 5.69 Å². The van der Waals surface area contributed by atoms with E-state index in [1.54, 1.807) is 6.07 Å². The van der Waals surface area contributed by atoms with E-state index < -0.39 is 0 Å².